The average molecular weight is 301 g/mol. The van der Waals surface area contributed by atoms with Crippen LogP contribution < -0.4 is 5.32 Å². The maximum absolute atomic E-state index is 11.6. The Balaban J connectivity index is 1.95. The maximum atomic E-state index is 11.6. The number of carbonyl (C=O) groups excluding carboxylic acids is 1. The Kier molecular flexibility index (Phi) is 4.65. The molecule has 0 radical (unpaired) electrons. The minimum Gasteiger partial charge on any atom is -0.444 e. The second-order valence-electron chi connectivity index (χ2n) is 5.82. The standard InChI is InChI=1S/C15H19N5O2/c1-10-17-19-13(20-18-10)12-7-5-11(6-8-12)9-16-14(21)22-15(2,3)4/h5-8H,9H2,1-4H3,(H,16,21). The zero-order valence-electron chi connectivity index (χ0n) is 13.1. The molecule has 0 saturated heterocycles. The van der Waals surface area contributed by atoms with E-state index in [0.29, 0.717) is 18.2 Å². The fraction of sp³-hybridized carbons (Fsp3) is 0.400. The molecular weight excluding hydrogens is 282 g/mol. The molecule has 1 amide bonds. The number of hydrogen-bond acceptors (Lipinski definition) is 6. The van der Waals surface area contributed by atoms with Gasteiger partial charge in [0.1, 0.15) is 5.60 Å². The van der Waals surface area contributed by atoms with E-state index < -0.39 is 11.7 Å². The first-order valence-corrected chi connectivity index (χ1v) is 6.94. The van der Waals surface area contributed by atoms with E-state index in [1.54, 1.807) is 6.92 Å². The van der Waals surface area contributed by atoms with Crippen molar-refractivity contribution in [3.05, 3.63) is 35.7 Å². The van der Waals surface area contributed by atoms with Crippen molar-refractivity contribution < 1.29 is 9.53 Å². The SMILES string of the molecule is Cc1nnc(-c2ccc(CNC(=O)OC(C)(C)C)cc2)nn1. The fourth-order valence-corrected chi connectivity index (χ4v) is 1.65. The number of aromatic nitrogens is 4. The number of amides is 1. The van der Waals surface area contributed by atoms with E-state index in [4.69, 9.17) is 4.74 Å². The molecule has 22 heavy (non-hydrogen) atoms. The molecule has 0 bridgehead atoms. The molecule has 0 aliphatic carbocycles. The average Bonchev–Trinajstić information content (AvgIpc) is 2.45. The molecule has 1 aromatic heterocycles. The first-order chi connectivity index (χ1) is 10.3. The molecule has 7 nitrogen and oxygen atoms in total. The zero-order valence-corrected chi connectivity index (χ0v) is 13.1. The van der Waals surface area contributed by atoms with Crippen LogP contribution in [0.5, 0.6) is 0 Å². The summed E-state index contributed by atoms with van der Waals surface area (Å²) in [4.78, 5) is 11.6. The molecule has 0 atom stereocenters. The Hall–Kier alpha value is -2.57. The summed E-state index contributed by atoms with van der Waals surface area (Å²) >= 11 is 0. The van der Waals surface area contributed by atoms with Crippen LogP contribution in [0.1, 0.15) is 32.2 Å². The van der Waals surface area contributed by atoms with Crippen LogP contribution >= 0.6 is 0 Å². The van der Waals surface area contributed by atoms with Crippen molar-refractivity contribution in [1.29, 1.82) is 0 Å². The van der Waals surface area contributed by atoms with E-state index in [1.807, 2.05) is 45.0 Å². The Morgan fingerprint density at radius 2 is 1.68 bits per heavy atom. The third kappa shape index (κ3) is 4.76. The van der Waals surface area contributed by atoms with Gasteiger partial charge in [-0.25, -0.2) is 4.79 Å². The minimum absolute atomic E-state index is 0.389. The highest BCUT2D eigenvalue weighted by Crippen LogP contribution is 2.14. The normalized spacial score (nSPS) is 11.1. The molecule has 0 aliphatic heterocycles. The van der Waals surface area contributed by atoms with Gasteiger partial charge in [0.05, 0.1) is 0 Å². The predicted octanol–water partition coefficient (Wildman–Crippen LogP) is 2.27. The smallest absolute Gasteiger partial charge is 0.407 e. The van der Waals surface area contributed by atoms with Gasteiger partial charge in [-0.15, -0.1) is 20.4 Å². The van der Waals surface area contributed by atoms with E-state index >= 15 is 0 Å². The van der Waals surface area contributed by atoms with Crippen LogP contribution in [-0.2, 0) is 11.3 Å². The number of benzene rings is 1. The number of ether oxygens (including phenoxy) is 1. The summed E-state index contributed by atoms with van der Waals surface area (Å²) in [6.45, 7) is 7.59. The Bertz CT molecular complexity index is 632. The van der Waals surface area contributed by atoms with E-state index in [0.717, 1.165) is 11.1 Å². The molecule has 1 aromatic carbocycles. The van der Waals surface area contributed by atoms with Crippen LogP contribution in [0.2, 0.25) is 0 Å². The summed E-state index contributed by atoms with van der Waals surface area (Å²) in [6, 6.07) is 7.49. The number of aryl methyl sites for hydroxylation is 1. The van der Waals surface area contributed by atoms with Gasteiger partial charge in [0.15, 0.2) is 5.82 Å². The van der Waals surface area contributed by atoms with E-state index in [9.17, 15) is 4.79 Å². The first kappa shape index (κ1) is 15.8. The number of rotatable bonds is 3. The van der Waals surface area contributed by atoms with Gasteiger partial charge in [-0.05, 0) is 33.3 Å². The van der Waals surface area contributed by atoms with Gasteiger partial charge in [-0.1, -0.05) is 24.3 Å². The summed E-state index contributed by atoms with van der Waals surface area (Å²) in [5.74, 6) is 0.999. The second-order valence-corrected chi connectivity index (χ2v) is 5.82. The molecule has 1 N–H and O–H groups in total. The molecular formula is C15H19N5O2. The van der Waals surface area contributed by atoms with Gasteiger partial charge < -0.3 is 10.1 Å². The molecule has 116 valence electrons. The number of nitrogens with one attached hydrogen (secondary N) is 1. The minimum atomic E-state index is -0.503. The Labute approximate surface area is 129 Å². The summed E-state index contributed by atoms with van der Waals surface area (Å²) in [7, 11) is 0. The lowest BCUT2D eigenvalue weighted by Crippen LogP contribution is -2.32. The predicted molar refractivity (Wildman–Crippen MR) is 80.9 cm³/mol. The molecule has 0 spiro atoms. The van der Waals surface area contributed by atoms with Crippen molar-refractivity contribution in [2.75, 3.05) is 0 Å². The van der Waals surface area contributed by atoms with E-state index in [1.165, 1.54) is 0 Å². The van der Waals surface area contributed by atoms with Crippen LogP contribution in [0.4, 0.5) is 4.79 Å². The van der Waals surface area contributed by atoms with Crippen molar-refractivity contribution in [2.24, 2.45) is 0 Å². The highest BCUT2D eigenvalue weighted by Gasteiger charge is 2.15. The Morgan fingerprint density at radius 1 is 1.09 bits per heavy atom. The molecule has 2 rings (SSSR count). The largest absolute Gasteiger partial charge is 0.444 e. The van der Waals surface area contributed by atoms with Gasteiger partial charge in [-0.2, -0.15) is 0 Å². The molecule has 2 aromatic rings. The molecule has 0 aliphatic rings. The lowest BCUT2D eigenvalue weighted by Gasteiger charge is -2.19. The number of hydrogen-bond donors (Lipinski definition) is 1. The zero-order chi connectivity index (χ0) is 16.2. The van der Waals surface area contributed by atoms with E-state index in [2.05, 4.69) is 25.7 Å². The van der Waals surface area contributed by atoms with Gasteiger partial charge in [0.25, 0.3) is 0 Å². The molecule has 1 heterocycles. The van der Waals surface area contributed by atoms with Crippen LogP contribution in [-0.4, -0.2) is 32.1 Å². The molecule has 7 heteroatoms. The molecule has 0 saturated carbocycles. The van der Waals surface area contributed by atoms with Crippen LogP contribution in [0.3, 0.4) is 0 Å². The second kappa shape index (κ2) is 6.46. The third-order valence-electron chi connectivity index (χ3n) is 2.63. The monoisotopic (exact) mass is 301 g/mol. The van der Waals surface area contributed by atoms with Crippen molar-refractivity contribution in [2.45, 2.75) is 39.8 Å². The first-order valence-electron chi connectivity index (χ1n) is 6.94. The highest BCUT2D eigenvalue weighted by molar-refractivity contribution is 5.67. The summed E-state index contributed by atoms with van der Waals surface area (Å²) < 4.78 is 5.18. The number of alkyl carbamates (subject to hydrolysis) is 1. The molecule has 0 unspecified atom stereocenters. The van der Waals surface area contributed by atoms with Gasteiger partial charge in [-0.3, -0.25) is 0 Å². The Morgan fingerprint density at radius 3 is 2.23 bits per heavy atom. The van der Waals surface area contributed by atoms with Crippen LogP contribution in [0.15, 0.2) is 24.3 Å². The van der Waals surface area contributed by atoms with Crippen molar-refractivity contribution in [1.82, 2.24) is 25.7 Å². The number of nitrogens with zero attached hydrogens (tertiary/aromatic N) is 4. The van der Waals surface area contributed by atoms with Crippen molar-refractivity contribution in [3.8, 4) is 11.4 Å². The van der Waals surface area contributed by atoms with Crippen LogP contribution in [0, 0.1) is 6.92 Å². The van der Waals surface area contributed by atoms with Crippen LogP contribution in [0.25, 0.3) is 11.4 Å². The number of carbonyl (C=O) groups is 1. The lowest BCUT2D eigenvalue weighted by molar-refractivity contribution is 0.0523. The lowest BCUT2D eigenvalue weighted by atomic mass is 10.1. The van der Waals surface area contributed by atoms with Gasteiger partial charge >= 0.3 is 6.09 Å². The fourth-order valence-electron chi connectivity index (χ4n) is 1.65. The highest BCUT2D eigenvalue weighted by atomic mass is 16.6. The summed E-state index contributed by atoms with van der Waals surface area (Å²) in [5, 5.41) is 18.4. The van der Waals surface area contributed by atoms with Gasteiger partial charge in [0.2, 0.25) is 5.82 Å². The van der Waals surface area contributed by atoms with Crippen molar-refractivity contribution >= 4 is 6.09 Å². The van der Waals surface area contributed by atoms with Gasteiger partial charge in [0, 0.05) is 12.1 Å². The molecule has 0 fully saturated rings. The van der Waals surface area contributed by atoms with E-state index in [-0.39, 0.29) is 0 Å². The maximum Gasteiger partial charge on any atom is 0.407 e. The summed E-state index contributed by atoms with van der Waals surface area (Å²) in [5.41, 5.74) is 1.26. The third-order valence-corrected chi connectivity index (χ3v) is 2.63. The quantitative estimate of drug-likeness (QED) is 0.935. The van der Waals surface area contributed by atoms with Crippen molar-refractivity contribution in [3.63, 3.8) is 0 Å². The topological polar surface area (TPSA) is 89.9 Å². The summed E-state index contributed by atoms with van der Waals surface area (Å²) in [6.07, 6.45) is -0.438.